The Morgan fingerprint density at radius 1 is 1.40 bits per heavy atom. The molecule has 1 fully saturated rings. The second kappa shape index (κ2) is 6.57. The monoisotopic (exact) mass is 294 g/mol. The van der Waals surface area contributed by atoms with Gasteiger partial charge in [-0.3, -0.25) is 4.90 Å². The van der Waals surface area contributed by atoms with Gasteiger partial charge in [-0.1, -0.05) is 6.07 Å². The molecular weight excluding hydrogens is 272 g/mol. The van der Waals surface area contributed by atoms with Crippen molar-refractivity contribution in [1.82, 2.24) is 19.6 Å². The maximum absolute atomic E-state index is 4.50. The summed E-state index contributed by atoms with van der Waals surface area (Å²) in [4.78, 5) is 7.03. The van der Waals surface area contributed by atoms with Gasteiger partial charge in [-0.2, -0.15) is 0 Å². The first-order valence-electron chi connectivity index (χ1n) is 7.09. The third-order valence-electron chi connectivity index (χ3n) is 4.10. The molecule has 1 aliphatic rings. The number of hydrogen-bond acceptors (Lipinski definition) is 3. The fourth-order valence-electron chi connectivity index (χ4n) is 3.05. The zero-order valence-corrected chi connectivity index (χ0v) is 13.0. The Morgan fingerprint density at radius 3 is 3.05 bits per heavy atom. The van der Waals surface area contributed by atoms with E-state index in [0.717, 1.165) is 18.7 Å². The number of fused-ring (bicyclic) bond motifs is 1. The summed E-state index contributed by atoms with van der Waals surface area (Å²) in [5, 5.41) is 3.40. The SMILES string of the molecule is CNC1CCCN(Cc2cnc3cccc(C)n23)C1.Cl. The summed E-state index contributed by atoms with van der Waals surface area (Å²) in [5.74, 6) is 0. The molecule has 110 valence electrons. The minimum Gasteiger partial charge on any atom is -0.316 e. The van der Waals surface area contributed by atoms with Crippen LogP contribution < -0.4 is 5.32 Å². The third kappa shape index (κ3) is 2.97. The second-order valence-corrected chi connectivity index (χ2v) is 5.47. The van der Waals surface area contributed by atoms with E-state index in [4.69, 9.17) is 0 Å². The van der Waals surface area contributed by atoms with Crippen molar-refractivity contribution in [3.8, 4) is 0 Å². The standard InChI is InChI=1S/C15H22N4.ClH/c1-12-5-3-7-15-17-9-14(19(12)15)11-18-8-4-6-13(10-18)16-2;/h3,5,7,9,13,16H,4,6,8,10-11H2,1-2H3;1H. The predicted octanol–water partition coefficient (Wildman–Crippen LogP) is 2.25. The number of halogens is 1. The van der Waals surface area contributed by atoms with Crippen molar-refractivity contribution >= 4 is 18.1 Å². The van der Waals surface area contributed by atoms with Gasteiger partial charge in [0.1, 0.15) is 5.65 Å². The Bertz CT molecular complexity index is 566. The summed E-state index contributed by atoms with van der Waals surface area (Å²) < 4.78 is 2.27. The molecule has 1 atom stereocenters. The zero-order valence-electron chi connectivity index (χ0n) is 12.2. The topological polar surface area (TPSA) is 32.6 Å². The van der Waals surface area contributed by atoms with Crippen LogP contribution in [-0.2, 0) is 6.54 Å². The normalized spacial score (nSPS) is 20.0. The first kappa shape index (κ1) is 15.3. The quantitative estimate of drug-likeness (QED) is 0.942. The van der Waals surface area contributed by atoms with Crippen molar-refractivity contribution in [3.05, 3.63) is 35.8 Å². The van der Waals surface area contributed by atoms with Crippen LogP contribution in [0.15, 0.2) is 24.4 Å². The van der Waals surface area contributed by atoms with Gasteiger partial charge in [0.15, 0.2) is 0 Å². The lowest BCUT2D eigenvalue weighted by Crippen LogP contribution is -2.44. The summed E-state index contributed by atoms with van der Waals surface area (Å²) in [6.07, 6.45) is 4.59. The molecule has 0 amide bonds. The van der Waals surface area contributed by atoms with Crippen LogP contribution in [0.1, 0.15) is 24.2 Å². The lowest BCUT2D eigenvalue weighted by Gasteiger charge is -2.32. The Kier molecular flexibility index (Phi) is 5.02. The van der Waals surface area contributed by atoms with E-state index in [0.29, 0.717) is 6.04 Å². The number of likely N-dealkylation sites (tertiary alicyclic amines) is 1. The highest BCUT2D eigenvalue weighted by Crippen LogP contribution is 2.16. The highest BCUT2D eigenvalue weighted by atomic mass is 35.5. The average Bonchev–Trinajstić information content (AvgIpc) is 2.84. The zero-order chi connectivity index (χ0) is 13.2. The number of likely N-dealkylation sites (N-methyl/N-ethyl adjacent to an activating group) is 1. The fraction of sp³-hybridized carbons (Fsp3) is 0.533. The molecule has 1 aliphatic heterocycles. The van der Waals surface area contributed by atoms with E-state index in [2.05, 4.69) is 51.8 Å². The van der Waals surface area contributed by atoms with Gasteiger partial charge in [-0.05, 0) is 45.5 Å². The minimum absolute atomic E-state index is 0. The number of rotatable bonds is 3. The molecule has 0 spiro atoms. The van der Waals surface area contributed by atoms with Gasteiger partial charge in [-0.25, -0.2) is 4.98 Å². The third-order valence-corrected chi connectivity index (χ3v) is 4.10. The predicted molar refractivity (Wildman–Crippen MR) is 84.5 cm³/mol. The Balaban J connectivity index is 0.00000147. The van der Waals surface area contributed by atoms with Crippen molar-refractivity contribution in [2.24, 2.45) is 0 Å². The van der Waals surface area contributed by atoms with Gasteiger partial charge in [0.2, 0.25) is 0 Å². The van der Waals surface area contributed by atoms with Crippen molar-refractivity contribution in [2.45, 2.75) is 32.4 Å². The van der Waals surface area contributed by atoms with Gasteiger partial charge in [0.05, 0.1) is 11.9 Å². The van der Waals surface area contributed by atoms with E-state index in [1.807, 2.05) is 6.20 Å². The molecule has 0 aliphatic carbocycles. The van der Waals surface area contributed by atoms with Gasteiger partial charge in [0, 0.05) is 24.8 Å². The number of aromatic nitrogens is 2. The molecule has 1 unspecified atom stereocenters. The molecular formula is C15H23ClN4. The molecule has 5 heteroatoms. The summed E-state index contributed by atoms with van der Waals surface area (Å²) in [7, 11) is 2.06. The molecule has 3 rings (SSSR count). The molecule has 4 nitrogen and oxygen atoms in total. The van der Waals surface area contributed by atoms with Gasteiger partial charge < -0.3 is 9.72 Å². The summed E-state index contributed by atoms with van der Waals surface area (Å²) in [6, 6.07) is 6.92. The molecule has 0 bridgehead atoms. The summed E-state index contributed by atoms with van der Waals surface area (Å²) in [5.41, 5.74) is 3.61. The van der Waals surface area contributed by atoms with E-state index in [9.17, 15) is 0 Å². The largest absolute Gasteiger partial charge is 0.316 e. The van der Waals surface area contributed by atoms with Crippen LogP contribution in [0.4, 0.5) is 0 Å². The second-order valence-electron chi connectivity index (χ2n) is 5.47. The van der Waals surface area contributed by atoms with Crippen molar-refractivity contribution in [3.63, 3.8) is 0 Å². The van der Waals surface area contributed by atoms with Crippen LogP contribution in [0.5, 0.6) is 0 Å². The van der Waals surface area contributed by atoms with E-state index in [1.165, 1.54) is 30.8 Å². The molecule has 1 saturated heterocycles. The van der Waals surface area contributed by atoms with Crippen LogP contribution in [0, 0.1) is 6.92 Å². The number of nitrogens with zero attached hydrogens (tertiary/aromatic N) is 3. The van der Waals surface area contributed by atoms with Gasteiger partial charge >= 0.3 is 0 Å². The van der Waals surface area contributed by atoms with Gasteiger partial charge in [-0.15, -0.1) is 12.4 Å². The number of pyridine rings is 1. The number of imidazole rings is 1. The highest BCUT2D eigenvalue weighted by molar-refractivity contribution is 5.85. The first-order chi connectivity index (χ1) is 9.28. The summed E-state index contributed by atoms with van der Waals surface area (Å²) in [6.45, 7) is 5.46. The van der Waals surface area contributed by atoms with Crippen LogP contribution in [0.2, 0.25) is 0 Å². The van der Waals surface area contributed by atoms with Crippen LogP contribution >= 0.6 is 12.4 Å². The molecule has 0 saturated carbocycles. The minimum atomic E-state index is 0. The molecule has 2 aromatic rings. The molecule has 20 heavy (non-hydrogen) atoms. The molecule has 3 heterocycles. The van der Waals surface area contributed by atoms with Crippen LogP contribution in [0.25, 0.3) is 5.65 Å². The highest BCUT2D eigenvalue weighted by Gasteiger charge is 2.19. The number of nitrogens with one attached hydrogen (secondary N) is 1. The van der Waals surface area contributed by atoms with E-state index >= 15 is 0 Å². The average molecular weight is 295 g/mol. The number of aryl methyl sites for hydroxylation is 1. The Hall–Kier alpha value is -1.10. The van der Waals surface area contributed by atoms with Crippen molar-refractivity contribution < 1.29 is 0 Å². The number of piperidine rings is 1. The molecule has 0 aromatic carbocycles. The smallest absolute Gasteiger partial charge is 0.137 e. The molecule has 0 radical (unpaired) electrons. The Morgan fingerprint density at radius 2 is 2.25 bits per heavy atom. The maximum Gasteiger partial charge on any atom is 0.137 e. The maximum atomic E-state index is 4.50. The lowest BCUT2D eigenvalue weighted by atomic mass is 10.1. The van der Waals surface area contributed by atoms with Crippen molar-refractivity contribution in [1.29, 1.82) is 0 Å². The fourth-order valence-corrected chi connectivity index (χ4v) is 3.05. The molecule has 1 N–H and O–H groups in total. The number of hydrogen-bond donors (Lipinski definition) is 1. The van der Waals surface area contributed by atoms with Crippen LogP contribution in [-0.4, -0.2) is 40.5 Å². The molecule has 2 aromatic heterocycles. The van der Waals surface area contributed by atoms with E-state index in [1.54, 1.807) is 0 Å². The van der Waals surface area contributed by atoms with Gasteiger partial charge in [0.25, 0.3) is 0 Å². The van der Waals surface area contributed by atoms with E-state index < -0.39 is 0 Å². The lowest BCUT2D eigenvalue weighted by molar-refractivity contribution is 0.185. The van der Waals surface area contributed by atoms with Crippen LogP contribution in [0.3, 0.4) is 0 Å². The summed E-state index contributed by atoms with van der Waals surface area (Å²) >= 11 is 0. The Labute approximate surface area is 126 Å². The first-order valence-corrected chi connectivity index (χ1v) is 7.09. The van der Waals surface area contributed by atoms with E-state index in [-0.39, 0.29) is 12.4 Å². The van der Waals surface area contributed by atoms with Crippen molar-refractivity contribution in [2.75, 3.05) is 20.1 Å².